The topological polar surface area (TPSA) is 49.7 Å². The second-order valence-electron chi connectivity index (χ2n) is 2.82. The summed E-state index contributed by atoms with van der Waals surface area (Å²) in [5.74, 6) is 0.0822. The van der Waals surface area contributed by atoms with E-state index in [0.717, 1.165) is 0 Å². The molecule has 62 valence electrons. The van der Waals surface area contributed by atoms with E-state index in [1.54, 1.807) is 6.92 Å². The molecule has 0 saturated heterocycles. The van der Waals surface area contributed by atoms with Crippen molar-refractivity contribution in [1.82, 2.24) is 0 Å². The summed E-state index contributed by atoms with van der Waals surface area (Å²) in [6, 6.07) is 0. The number of hydrogen-bond acceptors (Lipinski definition) is 3. The molecule has 10 heavy (non-hydrogen) atoms. The fraction of sp³-hybridized carbons (Fsp3) is 1.00. The molecular weight excluding hydrogens is 132 g/mol. The molecule has 0 aromatic rings. The molecule has 0 heterocycles. The summed E-state index contributed by atoms with van der Waals surface area (Å²) in [5.41, 5.74) is 0. The third-order valence-corrected chi connectivity index (χ3v) is 1.08. The molecular formula is C7H16O3. The standard InChI is InChI=1S/C7H16O3/c1-5(2)7(9)10-4-6(3)8/h5-9H,4H2,1-3H3/t6-,7+/m1/s1. The van der Waals surface area contributed by atoms with E-state index in [1.165, 1.54) is 0 Å². The fourth-order valence-electron chi connectivity index (χ4n) is 0.430. The van der Waals surface area contributed by atoms with Crippen LogP contribution in [0.25, 0.3) is 0 Å². The van der Waals surface area contributed by atoms with E-state index in [2.05, 4.69) is 0 Å². The van der Waals surface area contributed by atoms with Crippen molar-refractivity contribution < 1.29 is 14.9 Å². The van der Waals surface area contributed by atoms with Crippen molar-refractivity contribution in [2.75, 3.05) is 6.61 Å². The van der Waals surface area contributed by atoms with Crippen LogP contribution in [0.5, 0.6) is 0 Å². The van der Waals surface area contributed by atoms with E-state index >= 15 is 0 Å². The van der Waals surface area contributed by atoms with Gasteiger partial charge in [-0.2, -0.15) is 0 Å². The Morgan fingerprint density at radius 2 is 1.70 bits per heavy atom. The number of rotatable bonds is 4. The Kier molecular flexibility index (Phi) is 4.60. The highest BCUT2D eigenvalue weighted by atomic mass is 16.6. The summed E-state index contributed by atoms with van der Waals surface area (Å²) in [5, 5.41) is 17.8. The van der Waals surface area contributed by atoms with Crippen LogP contribution in [0.2, 0.25) is 0 Å². The van der Waals surface area contributed by atoms with Crippen molar-refractivity contribution in [3.05, 3.63) is 0 Å². The zero-order chi connectivity index (χ0) is 8.15. The van der Waals surface area contributed by atoms with Crippen molar-refractivity contribution in [3.8, 4) is 0 Å². The maximum Gasteiger partial charge on any atom is 0.156 e. The van der Waals surface area contributed by atoms with E-state index in [1.807, 2.05) is 13.8 Å². The summed E-state index contributed by atoms with van der Waals surface area (Å²) in [7, 11) is 0. The molecule has 0 amide bonds. The summed E-state index contributed by atoms with van der Waals surface area (Å²) < 4.78 is 4.87. The first-order chi connectivity index (χ1) is 4.54. The molecule has 0 saturated carbocycles. The molecule has 2 atom stereocenters. The average molecular weight is 148 g/mol. The van der Waals surface area contributed by atoms with Crippen LogP contribution in [0.1, 0.15) is 20.8 Å². The molecule has 3 nitrogen and oxygen atoms in total. The predicted octanol–water partition coefficient (Wildman–Crippen LogP) is 0.358. The summed E-state index contributed by atoms with van der Waals surface area (Å²) >= 11 is 0. The smallest absolute Gasteiger partial charge is 0.156 e. The molecule has 0 aliphatic heterocycles. The minimum Gasteiger partial charge on any atom is -0.391 e. The van der Waals surface area contributed by atoms with E-state index in [9.17, 15) is 0 Å². The van der Waals surface area contributed by atoms with Crippen LogP contribution in [0.3, 0.4) is 0 Å². The van der Waals surface area contributed by atoms with Gasteiger partial charge < -0.3 is 14.9 Å². The predicted molar refractivity (Wildman–Crippen MR) is 38.5 cm³/mol. The molecule has 0 bridgehead atoms. The van der Waals surface area contributed by atoms with Crippen LogP contribution in [0, 0.1) is 5.92 Å². The molecule has 0 unspecified atom stereocenters. The average Bonchev–Trinajstić information content (AvgIpc) is 1.82. The van der Waals surface area contributed by atoms with Gasteiger partial charge in [-0.3, -0.25) is 0 Å². The van der Waals surface area contributed by atoms with Crippen LogP contribution in [-0.4, -0.2) is 29.2 Å². The highest BCUT2D eigenvalue weighted by Crippen LogP contribution is 2.02. The largest absolute Gasteiger partial charge is 0.391 e. The lowest BCUT2D eigenvalue weighted by atomic mass is 10.2. The Labute approximate surface area is 61.6 Å². The molecule has 3 heteroatoms. The lowest BCUT2D eigenvalue weighted by molar-refractivity contribution is -0.142. The zero-order valence-electron chi connectivity index (χ0n) is 6.74. The summed E-state index contributed by atoms with van der Waals surface area (Å²) in [6.07, 6.45) is -1.26. The maximum atomic E-state index is 9.04. The van der Waals surface area contributed by atoms with Gasteiger partial charge in [0.25, 0.3) is 0 Å². The van der Waals surface area contributed by atoms with Crippen LogP contribution in [0.4, 0.5) is 0 Å². The Hall–Kier alpha value is -0.120. The van der Waals surface area contributed by atoms with Crippen molar-refractivity contribution in [1.29, 1.82) is 0 Å². The number of hydrogen-bond donors (Lipinski definition) is 2. The quantitative estimate of drug-likeness (QED) is 0.566. The minimum atomic E-state index is -0.755. The van der Waals surface area contributed by atoms with Crippen LogP contribution in [-0.2, 0) is 4.74 Å². The highest BCUT2D eigenvalue weighted by molar-refractivity contribution is 4.49. The molecule has 0 spiro atoms. The number of aliphatic hydroxyl groups is 2. The third-order valence-electron chi connectivity index (χ3n) is 1.08. The van der Waals surface area contributed by atoms with E-state index < -0.39 is 12.4 Å². The third kappa shape index (κ3) is 4.73. The second kappa shape index (κ2) is 4.66. The van der Waals surface area contributed by atoms with Crippen LogP contribution < -0.4 is 0 Å². The molecule has 0 aliphatic rings. The Morgan fingerprint density at radius 1 is 1.20 bits per heavy atom. The van der Waals surface area contributed by atoms with E-state index in [0.29, 0.717) is 0 Å². The molecule has 0 aromatic carbocycles. The van der Waals surface area contributed by atoms with Gasteiger partial charge in [0.15, 0.2) is 6.29 Å². The van der Waals surface area contributed by atoms with E-state index in [4.69, 9.17) is 14.9 Å². The molecule has 0 rings (SSSR count). The van der Waals surface area contributed by atoms with Gasteiger partial charge in [0.2, 0.25) is 0 Å². The van der Waals surface area contributed by atoms with Crippen molar-refractivity contribution >= 4 is 0 Å². The van der Waals surface area contributed by atoms with Crippen LogP contribution in [0.15, 0.2) is 0 Å². The van der Waals surface area contributed by atoms with Gasteiger partial charge in [-0.15, -0.1) is 0 Å². The van der Waals surface area contributed by atoms with Crippen molar-refractivity contribution in [2.24, 2.45) is 5.92 Å². The first-order valence-corrected chi connectivity index (χ1v) is 3.51. The molecule has 0 fully saturated rings. The van der Waals surface area contributed by atoms with Gasteiger partial charge in [-0.1, -0.05) is 13.8 Å². The Bertz CT molecular complexity index is 80.9. The van der Waals surface area contributed by atoms with Gasteiger partial charge in [0, 0.05) is 5.92 Å². The molecule has 0 radical (unpaired) electrons. The lowest BCUT2D eigenvalue weighted by Gasteiger charge is -2.15. The Morgan fingerprint density at radius 3 is 2.00 bits per heavy atom. The van der Waals surface area contributed by atoms with Crippen molar-refractivity contribution in [2.45, 2.75) is 33.2 Å². The first kappa shape index (κ1) is 9.88. The Balaban J connectivity index is 3.30. The molecule has 0 aliphatic carbocycles. The monoisotopic (exact) mass is 148 g/mol. The SMILES string of the molecule is CC(C)[C@@H](O)OC[C@@H](C)O. The lowest BCUT2D eigenvalue weighted by Crippen LogP contribution is -2.23. The van der Waals surface area contributed by atoms with E-state index in [-0.39, 0.29) is 12.5 Å². The summed E-state index contributed by atoms with van der Waals surface area (Å²) in [6.45, 7) is 5.52. The molecule has 0 aromatic heterocycles. The zero-order valence-corrected chi connectivity index (χ0v) is 6.74. The van der Waals surface area contributed by atoms with Gasteiger partial charge in [-0.05, 0) is 6.92 Å². The first-order valence-electron chi connectivity index (χ1n) is 3.51. The highest BCUT2D eigenvalue weighted by Gasteiger charge is 2.09. The minimum absolute atomic E-state index is 0.0822. The van der Waals surface area contributed by atoms with Gasteiger partial charge in [0.1, 0.15) is 0 Å². The van der Waals surface area contributed by atoms with Crippen molar-refractivity contribution in [3.63, 3.8) is 0 Å². The second-order valence-corrected chi connectivity index (χ2v) is 2.82. The van der Waals surface area contributed by atoms with Gasteiger partial charge in [-0.25, -0.2) is 0 Å². The summed E-state index contributed by atoms with van der Waals surface area (Å²) in [4.78, 5) is 0. The van der Waals surface area contributed by atoms with Gasteiger partial charge in [0.05, 0.1) is 12.7 Å². The number of aliphatic hydroxyl groups excluding tert-OH is 2. The maximum absolute atomic E-state index is 9.04. The fourth-order valence-corrected chi connectivity index (χ4v) is 0.430. The van der Waals surface area contributed by atoms with Crippen LogP contribution >= 0.6 is 0 Å². The normalized spacial score (nSPS) is 17.4. The number of ether oxygens (including phenoxy) is 1. The van der Waals surface area contributed by atoms with Gasteiger partial charge >= 0.3 is 0 Å². The molecule has 2 N–H and O–H groups in total.